The number of hydrogen-bond acceptors (Lipinski definition) is 3. The minimum absolute atomic E-state index is 0.0804. The lowest BCUT2D eigenvalue weighted by atomic mass is 10.2. The molecule has 0 aliphatic rings. The topological polar surface area (TPSA) is 34.4 Å². The van der Waals surface area contributed by atoms with E-state index in [-0.39, 0.29) is 5.02 Å². The molecule has 0 spiro atoms. The van der Waals surface area contributed by atoms with Crippen molar-refractivity contribution >= 4 is 17.3 Å². The van der Waals surface area contributed by atoms with E-state index in [2.05, 4.69) is 5.32 Å². The zero-order valence-corrected chi connectivity index (χ0v) is 13.2. The first kappa shape index (κ1) is 15.4. The monoisotopic (exact) mass is 331 g/mol. The van der Waals surface area contributed by atoms with Crippen LogP contribution in [-0.4, -0.2) is 7.11 Å². The maximum atomic E-state index is 13.2. The summed E-state index contributed by atoms with van der Waals surface area (Å²) in [5.41, 5.74) is 1.71. The first-order chi connectivity index (χ1) is 11.2. The van der Waals surface area contributed by atoms with E-state index in [0.29, 0.717) is 12.3 Å². The largest absolute Gasteiger partial charge is 0.497 e. The van der Waals surface area contributed by atoms with Crippen molar-refractivity contribution in [1.29, 1.82) is 0 Å². The van der Waals surface area contributed by atoms with Crippen molar-refractivity contribution in [3.63, 3.8) is 0 Å². The zero-order valence-electron chi connectivity index (χ0n) is 12.5. The van der Waals surface area contributed by atoms with Crippen molar-refractivity contribution in [3.8, 4) is 17.1 Å². The van der Waals surface area contributed by atoms with Gasteiger partial charge in [0.05, 0.1) is 18.7 Å². The predicted molar refractivity (Wildman–Crippen MR) is 89.4 cm³/mol. The third-order valence-electron chi connectivity index (χ3n) is 3.42. The lowest BCUT2D eigenvalue weighted by molar-refractivity contribution is 0.415. The molecular formula is C18H15ClFNO2. The summed E-state index contributed by atoms with van der Waals surface area (Å²) in [5, 5.41) is 3.34. The van der Waals surface area contributed by atoms with Crippen molar-refractivity contribution in [2.45, 2.75) is 6.54 Å². The van der Waals surface area contributed by atoms with E-state index in [1.807, 2.05) is 36.4 Å². The van der Waals surface area contributed by atoms with Gasteiger partial charge in [0.1, 0.15) is 23.1 Å². The summed E-state index contributed by atoms with van der Waals surface area (Å²) >= 11 is 5.80. The van der Waals surface area contributed by atoms with Crippen molar-refractivity contribution in [2.75, 3.05) is 12.4 Å². The van der Waals surface area contributed by atoms with Crippen LogP contribution in [0.5, 0.6) is 5.75 Å². The van der Waals surface area contributed by atoms with Gasteiger partial charge in [-0.3, -0.25) is 0 Å². The number of rotatable bonds is 5. The number of nitrogens with one attached hydrogen (secondary N) is 1. The highest BCUT2D eigenvalue weighted by atomic mass is 35.5. The molecule has 1 aromatic heterocycles. The number of anilines is 1. The quantitative estimate of drug-likeness (QED) is 0.683. The third kappa shape index (κ3) is 3.66. The van der Waals surface area contributed by atoms with E-state index < -0.39 is 5.82 Å². The van der Waals surface area contributed by atoms with Gasteiger partial charge in [-0.15, -0.1) is 0 Å². The summed E-state index contributed by atoms with van der Waals surface area (Å²) < 4.78 is 24.1. The van der Waals surface area contributed by atoms with E-state index in [4.69, 9.17) is 20.8 Å². The van der Waals surface area contributed by atoms with Crippen LogP contribution in [0, 0.1) is 5.82 Å². The maximum absolute atomic E-state index is 13.2. The summed E-state index contributed by atoms with van der Waals surface area (Å²) in [6.45, 7) is 0.543. The number of halogens is 2. The van der Waals surface area contributed by atoms with Crippen molar-refractivity contribution in [2.24, 2.45) is 0 Å². The molecule has 0 aliphatic carbocycles. The predicted octanol–water partition coefficient (Wildman–Crippen LogP) is 5.36. The van der Waals surface area contributed by atoms with Crippen LogP contribution in [0.3, 0.4) is 0 Å². The molecule has 0 aliphatic heterocycles. The van der Waals surface area contributed by atoms with Crippen LogP contribution in [0.2, 0.25) is 5.02 Å². The molecule has 0 radical (unpaired) electrons. The van der Waals surface area contributed by atoms with Gasteiger partial charge in [0, 0.05) is 11.3 Å². The van der Waals surface area contributed by atoms with E-state index in [1.165, 1.54) is 6.07 Å². The van der Waals surface area contributed by atoms with Gasteiger partial charge in [0.15, 0.2) is 0 Å². The van der Waals surface area contributed by atoms with Gasteiger partial charge >= 0.3 is 0 Å². The average molecular weight is 332 g/mol. The Bertz CT molecular complexity index is 799. The van der Waals surface area contributed by atoms with Gasteiger partial charge in [-0.25, -0.2) is 4.39 Å². The third-order valence-corrected chi connectivity index (χ3v) is 3.71. The van der Waals surface area contributed by atoms with Crippen molar-refractivity contribution < 1.29 is 13.5 Å². The van der Waals surface area contributed by atoms with Gasteiger partial charge in [0.25, 0.3) is 0 Å². The van der Waals surface area contributed by atoms with E-state index in [0.717, 1.165) is 22.8 Å². The summed E-state index contributed by atoms with van der Waals surface area (Å²) in [6.07, 6.45) is 0. The highest BCUT2D eigenvalue weighted by Crippen LogP contribution is 2.27. The van der Waals surface area contributed by atoms with Crippen molar-refractivity contribution in [1.82, 2.24) is 0 Å². The minimum atomic E-state index is -0.441. The van der Waals surface area contributed by atoms with Crippen LogP contribution >= 0.6 is 11.6 Å². The fraction of sp³-hybridized carbons (Fsp3) is 0.111. The number of benzene rings is 2. The van der Waals surface area contributed by atoms with E-state index in [9.17, 15) is 4.39 Å². The summed E-state index contributed by atoms with van der Waals surface area (Å²) in [7, 11) is 1.63. The summed E-state index contributed by atoms with van der Waals surface area (Å²) in [4.78, 5) is 0. The fourth-order valence-electron chi connectivity index (χ4n) is 2.18. The molecular weight excluding hydrogens is 317 g/mol. The maximum Gasteiger partial charge on any atom is 0.141 e. The first-order valence-corrected chi connectivity index (χ1v) is 7.45. The standard InChI is InChI=1S/C18H15ClFNO2/c1-22-14-5-3-13(4-6-14)21-11-15-7-9-18(23-15)12-2-8-17(20)16(19)10-12/h2-10,21H,11H2,1H3. The van der Waals surface area contributed by atoms with Gasteiger partial charge in [-0.2, -0.15) is 0 Å². The fourth-order valence-corrected chi connectivity index (χ4v) is 2.36. The smallest absolute Gasteiger partial charge is 0.141 e. The Morgan fingerprint density at radius 1 is 1.09 bits per heavy atom. The minimum Gasteiger partial charge on any atom is -0.497 e. The highest BCUT2D eigenvalue weighted by molar-refractivity contribution is 6.31. The average Bonchev–Trinajstić information content (AvgIpc) is 3.05. The second-order valence-electron chi connectivity index (χ2n) is 4.98. The molecule has 0 saturated carbocycles. The Morgan fingerprint density at radius 3 is 2.57 bits per heavy atom. The molecule has 0 amide bonds. The molecule has 3 aromatic rings. The lowest BCUT2D eigenvalue weighted by Crippen LogP contribution is -1.97. The van der Waals surface area contributed by atoms with Crippen LogP contribution < -0.4 is 10.1 Å². The van der Waals surface area contributed by atoms with E-state index in [1.54, 1.807) is 19.2 Å². The summed E-state index contributed by atoms with van der Waals surface area (Å²) in [6, 6.07) is 15.9. The van der Waals surface area contributed by atoms with Gasteiger partial charge < -0.3 is 14.5 Å². The van der Waals surface area contributed by atoms with Gasteiger partial charge in [0.2, 0.25) is 0 Å². The lowest BCUT2D eigenvalue weighted by Gasteiger charge is -2.05. The molecule has 3 nitrogen and oxygen atoms in total. The van der Waals surface area contributed by atoms with Crippen LogP contribution in [0.15, 0.2) is 59.0 Å². The number of methoxy groups -OCH3 is 1. The normalized spacial score (nSPS) is 10.6. The Hall–Kier alpha value is -2.46. The first-order valence-electron chi connectivity index (χ1n) is 7.08. The second-order valence-corrected chi connectivity index (χ2v) is 5.38. The van der Waals surface area contributed by atoms with Crippen LogP contribution in [-0.2, 0) is 6.54 Å². The molecule has 0 fully saturated rings. The van der Waals surface area contributed by atoms with Crippen LogP contribution in [0.25, 0.3) is 11.3 Å². The summed E-state index contributed by atoms with van der Waals surface area (Å²) in [5.74, 6) is 1.79. The zero-order chi connectivity index (χ0) is 16.2. The molecule has 5 heteroatoms. The highest BCUT2D eigenvalue weighted by Gasteiger charge is 2.07. The molecule has 1 heterocycles. The molecule has 0 saturated heterocycles. The molecule has 118 valence electrons. The number of hydrogen-bond donors (Lipinski definition) is 1. The second kappa shape index (κ2) is 6.75. The van der Waals surface area contributed by atoms with Crippen LogP contribution in [0.4, 0.5) is 10.1 Å². The molecule has 1 N–H and O–H groups in total. The van der Waals surface area contributed by atoms with Gasteiger partial charge in [-0.1, -0.05) is 11.6 Å². The molecule has 2 aromatic carbocycles. The molecule has 3 rings (SSSR count). The molecule has 0 bridgehead atoms. The number of furan rings is 1. The molecule has 0 atom stereocenters. The molecule has 0 unspecified atom stereocenters. The van der Waals surface area contributed by atoms with Crippen molar-refractivity contribution in [3.05, 3.63) is 71.2 Å². The number of ether oxygens (including phenoxy) is 1. The van der Waals surface area contributed by atoms with Gasteiger partial charge in [-0.05, 0) is 54.6 Å². The SMILES string of the molecule is COc1ccc(NCc2ccc(-c3ccc(F)c(Cl)c3)o2)cc1. The van der Waals surface area contributed by atoms with Crippen LogP contribution in [0.1, 0.15) is 5.76 Å². The Kier molecular flexibility index (Phi) is 4.53. The van der Waals surface area contributed by atoms with E-state index >= 15 is 0 Å². The molecule has 23 heavy (non-hydrogen) atoms. The Morgan fingerprint density at radius 2 is 1.87 bits per heavy atom. The Balaban J connectivity index is 1.67. The Labute approximate surface area is 138 Å².